The van der Waals surface area contributed by atoms with Crippen molar-refractivity contribution in [3.8, 4) is 0 Å². The molecule has 124 valence electrons. The van der Waals surface area contributed by atoms with Crippen LogP contribution in [0.25, 0.3) is 0 Å². The summed E-state index contributed by atoms with van der Waals surface area (Å²) >= 11 is 0. The average Bonchev–Trinajstić information content (AvgIpc) is 3.32. The molecule has 23 heavy (non-hydrogen) atoms. The van der Waals surface area contributed by atoms with Gasteiger partial charge in [-0.05, 0) is 44.2 Å². The van der Waals surface area contributed by atoms with E-state index < -0.39 is 0 Å². The van der Waals surface area contributed by atoms with E-state index in [1.807, 2.05) is 11.0 Å². The first-order chi connectivity index (χ1) is 11.2. The lowest BCUT2D eigenvalue weighted by atomic mass is 9.77. The highest BCUT2D eigenvalue weighted by Gasteiger charge is 2.50. The van der Waals surface area contributed by atoms with Gasteiger partial charge in [0.2, 0.25) is 5.91 Å². The second kappa shape index (κ2) is 5.69. The van der Waals surface area contributed by atoms with E-state index >= 15 is 0 Å². The van der Waals surface area contributed by atoms with Gasteiger partial charge in [-0.25, -0.2) is 0 Å². The second-order valence-electron chi connectivity index (χ2n) is 7.38. The number of amides is 2. The molecule has 5 heteroatoms. The molecule has 1 spiro atoms. The van der Waals surface area contributed by atoms with Crippen LogP contribution >= 0.6 is 0 Å². The monoisotopic (exact) mass is 315 g/mol. The average molecular weight is 315 g/mol. The summed E-state index contributed by atoms with van der Waals surface area (Å²) in [6, 6.07) is 4.10. The Labute approximate surface area is 137 Å². The molecule has 1 aliphatic carbocycles. The molecule has 2 saturated heterocycles. The smallest absolute Gasteiger partial charge is 0.270 e. The maximum absolute atomic E-state index is 13.2. The fourth-order valence-corrected chi connectivity index (χ4v) is 4.72. The molecule has 3 aliphatic rings. The van der Waals surface area contributed by atoms with Crippen LogP contribution in [0.4, 0.5) is 0 Å². The molecule has 4 rings (SSSR count). The minimum atomic E-state index is -0.316. The number of rotatable bonds is 2. The highest BCUT2D eigenvalue weighted by molar-refractivity contribution is 5.94. The highest BCUT2D eigenvalue weighted by atomic mass is 16.2. The van der Waals surface area contributed by atoms with Gasteiger partial charge in [0.25, 0.3) is 5.91 Å². The summed E-state index contributed by atoms with van der Waals surface area (Å²) < 4.78 is 0. The lowest BCUT2D eigenvalue weighted by Crippen LogP contribution is -2.53. The van der Waals surface area contributed by atoms with Crippen LogP contribution in [-0.2, 0) is 4.79 Å². The number of piperidine rings is 1. The lowest BCUT2D eigenvalue weighted by Gasteiger charge is -2.42. The molecule has 0 bridgehead atoms. The van der Waals surface area contributed by atoms with Gasteiger partial charge in [-0.15, -0.1) is 0 Å². The fraction of sp³-hybridized carbons (Fsp3) is 0.667. The van der Waals surface area contributed by atoms with Crippen molar-refractivity contribution < 1.29 is 9.59 Å². The van der Waals surface area contributed by atoms with Gasteiger partial charge < -0.3 is 14.8 Å². The number of nitrogens with zero attached hydrogens (tertiary/aromatic N) is 2. The fourth-order valence-electron chi connectivity index (χ4n) is 4.72. The normalized spacial score (nSPS) is 29.0. The van der Waals surface area contributed by atoms with Crippen molar-refractivity contribution in [3.05, 3.63) is 24.0 Å². The van der Waals surface area contributed by atoms with Gasteiger partial charge >= 0.3 is 0 Å². The van der Waals surface area contributed by atoms with Crippen LogP contribution in [-0.4, -0.2) is 52.3 Å². The number of nitrogens with one attached hydrogen (secondary N) is 1. The summed E-state index contributed by atoms with van der Waals surface area (Å²) in [4.78, 5) is 32.7. The molecule has 2 aliphatic heterocycles. The van der Waals surface area contributed by atoms with E-state index in [1.165, 1.54) is 12.8 Å². The molecule has 5 nitrogen and oxygen atoms in total. The Hall–Kier alpha value is -1.78. The Balaban J connectivity index is 1.50. The van der Waals surface area contributed by atoms with Gasteiger partial charge in [0.15, 0.2) is 0 Å². The van der Waals surface area contributed by atoms with Crippen molar-refractivity contribution in [2.45, 2.75) is 51.0 Å². The molecule has 3 fully saturated rings. The largest absolute Gasteiger partial charge is 0.357 e. The quantitative estimate of drug-likeness (QED) is 0.911. The van der Waals surface area contributed by atoms with Gasteiger partial charge in [-0.1, -0.05) is 12.8 Å². The van der Waals surface area contributed by atoms with Crippen molar-refractivity contribution >= 4 is 11.8 Å². The summed E-state index contributed by atoms with van der Waals surface area (Å²) in [5, 5.41) is 0. The van der Waals surface area contributed by atoms with E-state index in [-0.39, 0.29) is 11.3 Å². The highest BCUT2D eigenvalue weighted by Crippen LogP contribution is 2.42. The van der Waals surface area contributed by atoms with Crippen LogP contribution in [0.1, 0.15) is 55.4 Å². The molecule has 1 aromatic rings. The molecule has 0 unspecified atom stereocenters. The standard InChI is InChI=1S/C18H25N3O2/c22-16(15-7-3-10-19-15)20-12-9-18(13-20)8-4-11-21(17(18)23)14-5-1-2-6-14/h3,7,10,14,19H,1-2,4-6,8-9,11-13H2/t18-/m1/s1. The zero-order valence-corrected chi connectivity index (χ0v) is 13.6. The molecular weight excluding hydrogens is 290 g/mol. The van der Waals surface area contributed by atoms with Crippen LogP contribution < -0.4 is 0 Å². The van der Waals surface area contributed by atoms with E-state index in [2.05, 4.69) is 9.88 Å². The predicted molar refractivity (Wildman–Crippen MR) is 86.9 cm³/mol. The predicted octanol–water partition coefficient (Wildman–Crippen LogP) is 2.41. The lowest BCUT2D eigenvalue weighted by molar-refractivity contribution is -0.148. The molecule has 0 aromatic carbocycles. The molecule has 3 heterocycles. The third-order valence-electron chi connectivity index (χ3n) is 6.00. The van der Waals surface area contributed by atoms with E-state index in [4.69, 9.17) is 0 Å². The van der Waals surface area contributed by atoms with Crippen LogP contribution in [0, 0.1) is 5.41 Å². The van der Waals surface area contributed by atoms with Crippen molar-refractivity contribution in [2.75, 3.05) is 19.6 Å². The zero-order chi connectivity index (χ0) is 15.9. The summed E-state index contributed by atoms with van der Waals surface area (Å²) in [6.07, 6.45) is 9.42. The molecule has 1 atom stereocenters. The van der Waals surface area contributed by atoms with E-state index in [0.29, 0.717) is 30.7 Å². The topological polar surface area (TPSA) is 56.4 Å². The van der Waals surface area contributed by atoms with Gasteiger partial charge in [0.05, 0.1) is 5.41 Å². The van der Waals surface area contributed by atoms with Crippen molar-refractivity contribution in [3.63, 3.8) is 0 Å². The number of aromatic nitrogens is 1. The number of carbonyl (C=O) groups excluding carboxylic acids is 2. The van der Waals surface area contributed by atoms with Gasteiger partial charge in [0.1, 0.15) is 5.69 Å². The maximum atomic E-state index is 13.2. The number of hydrogen-bond acceptors (Lipinski definition) is 2. The summed E-state index contributed by atoms with van der Waals surface area (Å²) in [5.74, 6) is 0.343. The number of likely N-dealkylation sites (tertiary alicyclic amines) is 2. The molecule has 0 radical (unpaired) electrons. The Morgan fingerprint density at radius 2 is 2.00 bits per heavy atom. The minimum absolute atomic E-state index is 0.0256. The van der Waals surface area contributed by atoms with Gasteiger partial charge in [0, 0.05) is 31.9 Å². The summed E-state index contributed by atoms with van der Waals surface area (Å²) in [6.45, 7) is 2.20. The SMILES string of the molecule is O=C(c1ccc[nH]1)N1CC[C@]2(CCCN(C3CCCC3)C2=O)C1. The van der Waals surface area contributed by atoms with Crippen LogP contribution in [0.15, 0.2) is 18.3 Å². The van der Waals surface area contributed by atoms with Crippen molar-refractivity contribution in [2.24, 2.45) is 5.41 Å². The molecule has 1 aromatic heterocycles. The first-order valence-electron chi connectivity index (χ1n) is 8.93. The molecule has 1 saturated carbocycles. The molecule has 1 N–H and O–H groups in total. The zero-order valence-electron chi connectivity index (χ0n) is 13.6. The first kappa shape index (κ1) is 14.8. The second-order valence-corrected chi connectivity index (χ2v) is 7.38. The van der Waals surface area contributed by atoms with Crippen LogP contribution in [0.3, 0.4) is 0 Å². The van der Waals surface area contributed by atoms with Crippen molar-refractivity contribution in [1.29, 1.82) is 0 Å². The van der Waals surface area contributed by atoms with Crippen LogP contribution in [0.5, 0.6) is 0 Å². The van der Waals surface area contributed by atoms with E-state index in [9.17, 15) is 9.59 Å². The third-order valence-corrected chi connectivity index (χ3v) is 6.00. The van der Waals surface area contributed by atoms with Gasteiger partial charge in [-0.2, -0.15) is 0 Å². The Morgan fingerprint density at radius 3 is 2.74 bits per heavy atom. The Bertz CT molecular complexity index is 591. The third kappa shape index (κ3) is 2.46. The van der Waals surface area contributed by atoms with E-state index in [1.54, 1.807) is 12.3 Å². The molecule has 2 amide bonds. The summed E-state index contributed by atoms with van der Waals surface area (Å²) in [7, 11) is 0. The molecular formula is C18H25N3O2. The van der Waals surface area contributed by atoms with E-state index in [0.717, 1.165) is 38.6 Å². The Kier molecular flexibility index (Phi) is 3.66. The number of aromatic amines is 1. The summed E-state index contributed by atoms with van der Waals surface area (Å²) in [5.41, 5.74) is 0.307. The minimum Gasteiger partial charge on any atom is -0.357 e. The number of H-pyrrole nitrogens is 1. The first-order valence-corrected chi connectivity index (χ1v) is 8.93. The maximum Gasteiger partial charge on any atom is 0.270 e. The van der Waals surface area contributed by atoms with Crippen LogP contribution in [0.2, 0.25) is 0 Å². The number of carbonyl (C=O) groups is 2. The number of hydrogen-bond donors (Lipinski definition) is 1. The van der Waals surface area contributed by atoms with Crippen molar-refractivity contribution in [1.82, 2.24) is 14.8 Å². The van der Waals surface area contributed by atoms with Gasteiger partial charge in [-0.3, -0.25) is 9.59 Å². The Morgan fingerprint density at radius 1 is 1.17 bits per heavy atom.